The number of anilines is 1. The van der Waals surface area contributed by atoms with Crippen LogP contribution in [0.4, 0.5) is 10.5 Å². The highest BCUT2D eigenvalue weighted by atomic mass is 32.2. The lowest BCUT2D eigenvalue weighted by molar-refractivity contribution is -0.120. The number of fused-ring (bicyclic) bond motifs is 1. The molecule has 0 saturated carbocycles. The Morgan fingerprint density at radius 2 is 1.81 bits per heavy atom. The summed E-state index contributed by atoms with van der Waals surface area (Å²) in [6, 6.07) is 13.1. The summed E-state index contributed by atoms with van der Waals surface area (Å²) in [7, 11) is -1.90. The van der Waals surface area contributed by atoms with Crippen molar-refractivity contribution < 1.29 is 22.7 Å². The van der Waals surface area contributed by atoms with E-state index in [1.165, 1.54) is 21.6 Å². The van der Waals surface area contributed by atoms with E-state index in [1.807, 2.05) is 12.1 Å². The molecule has 37 heavy (non-hydrogen) atoms. The van der Waals surface area contributed by atoms with Crippen LogP contribution in [0.5, 0.6) is 5.75 Å². The Balaban J connectivity index is 1.57. The summed E-state index contributed by atoms with van der Waals surface area (Å²) in [5.41, 5.74) is 2.63. The lowest BCUT2D eigenvalue weighted by Crippen LogP contribution is -2.49. The number of hydrogen-bond acceptors (Lipinski definition) is 6. The van der Waals surface area contributed by atoms with E-state index < -0.39 is 15.9 Å². The zero-order chi connectivity index (χ0) is 26.3. The molecule has 0 unspecified atom stereocenters. The Morgan fingerprint density at radius 1 is 1.03 bits per heavy atom. The lowest BCUT2D eigenvalue weighted by Gasteiger charge is -2.28. The minimum Gasteiger partial charge on any atom is -0.488 e. The van der Waals surface area contributed by atoms with Gasteiger partial charge in [-0.1, -0.05) is 18.2 Å². The molecule has 1 saturated heterocycles. The van der Waals surface area contributed by atoms with Gasteiger partial charge in [-0.05, 0) is 30.3 Å². The molecule has 0 bridgehead atoms. The quantitative estimate of drug-likeness (QED) is 0.402. The largest absolute Gasteiger partial charge is 0.488 e. The van der Waals surface area contributed by atoms with Crippen molar-refractivity contribution in [1.82, 2.24) is 14.9 Å². The molecule has 10 nitrogen and oxygen atoms in total. The van der Waals surface area contributed by atoms with E-state index in [-0.39, 0.29) is 35.9 Å². The van der Waals surface area contributed by atoms with Gasteiger partial charge in [0.2, 0.25) is 5.91 Å². The summed E-state index contributed by atoms with van der Waals surface area (Å²) in [4.78, 5) is 41.1. The number of para-hydroxylation sites is 1. The van der Waals surface area contributed by atoms with Crippen molar-refractivity contribution in [2.75, 3.05) is 17.7 Å². The van der Waals surface area contributed by atoms with Gasteiger partial charge in [-0.25, -0.2) is 13.2 Å². The number of ether oxygens (including phenoxy) is 1. The second kappa shape index (κ2) is 9.25. The van der Waals surface area contributed by atoms with Gasteiger partial charge in [0, 0.05) is 60.7 Å². The number of urea groups is 1. The normalized spacial score (nSPS) is 14.2. The minimum atomic E-state index is -3.52. The summed E-state index contributed by atoms with van der Waals surface area (Å²) >= 11 is 0. The highest BCUT2D eigenvalue weighted by molar-refractivity contribution is 7.90. The van der Waals surface area contributed by atoms with E-state index in [2.05, 4.69) is 10.3 Å². The molecular weight excluding hydrogens is 496 g/mol. The molecule has 4 aromatic rings. The smallest absolute Gasteiger partial charge is 0.328 e. The van der Waals surface area contributed by atoms with Gasteiger partial charge in [-0.15, -0.1) is 0 Å². The van der Waals surface area contributed by atoms with Crippen molar-refractivity contribution >= 4 is 38.4 Å². The Bertz CT molecular complexity index is 1720. The Morgan fingerprint density at radius 3 is 2.57 bits per heavy atom. The Hall–Kier alpha value is -4.38. The topological polar surface area (TPSA) is 131 Å². The monoisotopic (exact) mass is 520 g/mol. The minimum absolute atomic E-state index is 0.0706. The highest BCUT2D eigenvalue weighted by Gasteiger charge is 2.26. The zero-order valence-electron chi connectivity index (χ0n) is 20.1. The van der Waals surface area contributed by atoms with Gasteiger partial charge in [-0.3, -0.25) is 19.8 Å². The standard InChI is InChI=1S/C26H24N4O6S/c1-29-14-20(18-9-11-27-24(18)25(29)32)19-13-17(37(2,34)35)7-8-22(19)36-15-16-5-3-4-6-21(16)30-12-10-23(31)28-26(30)33/h3-9,11,13-14,27H,10,12,15H2,1-2H3,(H,28,31,33). The molecule has 3 amide bonds. The Kier molecular flexibility index (Phi) is 6.08. The number of amides is 3. The van der Waals surface area contributed by atoms with Crippen LogP contribution in [0.1, 0.15) is 12.0 Å². The molecule has 1 aliphatic rings. The number of aromatic amines is 1. The number of aromatic nitrogens is 2. The van der Waals surface area contributed by atoms with Crippen LogP contribution in [0.15, 0.2) is 70.6 Å². The summed E-state index contributed by atoms with van der Waals surface area (Å²) in [5, 5.41) is 2.96. The van der Waals surface area contributed by atoms with Crippen LogP contribution >= 0.6 is 0 Å². The predicted molar refractivity (Wildman–Crippen MR) is 138 cm³/mol. The van der Waals surface area contributed by atoms with E-state index in [0.717, 1.165) is 6.26 Å². The van der Waals surface area contributed by atoms with Crippen molar-refractivity contribution in [1.29, 1.82) is 0 Å². The average Bonchev–Trinajstić information content (AvgIpc) is 3.35. The molecule has 3 heterocycles. The van der Waals surface area contributed by atoms with Crippen molar-refractivity contribution in [2.24, 2.45) is 7.05 Å². The molecule has 2 aromatic heterocycles. The van der Waals surface area contributed by atoms with Gasteiger partial charge in [0.1, 0.15) is 17.9 Å². The van der Waals surface area contributed by atoms with Crippen LogP contribution in [0.3, 0.4) is 0 Å². The number of imide groups is 1. The maximum atomic E-state index is 12.6. The number of hydrogen-bond donors (Lipinski definition) is 2. The number of benzene rings is 2. The predicted octanol–water partition coefficient (Wildman–Crippen LogP) is 2.96. The van der Waals surface area contributed by atoms with E-state index in [9.17, 15) is 22.8 Å². The van der Waals surface area contributed by atoms with Gasteiger partial charge in [0.15, 0.2) is 9.84 Å². The number of nitrogens with zero attached hydrogens (tertiary/aromatic N) is 2. The number of nitrogens with one attached hydrogen (secondary N) is 2. The van der Waals surface area contributed by atoms with E-state index in [4.69, 9.17) is 4.74 Å². The maximum absolute atomic E-state index is 12.6. The Labute approximate surface area is 212 Å². The number of aryl methyl sites for hydroxylation is 1. The van der Waals surface area contributed by atoms with Crippen LogP contribution in [-0.2, 0) is 28.3 Å². The van der Waals surface area contributed by atoms with E-state index in [0.29, 0.717) is 39.0 Å². The first-order chi connectivity index (χ1) is 17.6. The summed E-state index contributed by atoms with van der Waals surface area (Å²) < 4.78 is 32.3. The molecule has 5 rings (SSSR count). The molecule has 0 spiro atoms. The first kappa shape index (κ1) is 24.3. The molecular formula is C26H24N4O6S. The zero-order valence-corrected chi connectivity index (χ0v) is 21.0. The maximum Gasteiger partial charge on any atom is 0.328 e. The van der Waals surface area contributed by atoms with E-state index in [1.54, 1.807) is 43.7 Å². The van der Waals surface area contributed by atoms with Crippen LogP contribution in [0.25, 0.3) is 22.0 Å². The van der Waals surface area contributed by atoms with Crippen LogP contribution < -0.4 is 20.5 Å². The fourth-order valence-electron chi connectivity index (χ4n) is 4.41. The number of H-pyrrole nitrogens is 1. The SMILES string of the molecule is Cn1cc(-c2cc(S(C)(=O)=O)ccc2OCc2ccccc2N2CCC(=O)NC2=O)c2cc[nH]c2c1=O. The van der Waals surface area contributed by atoms with E-state index >= 15 is 0 Å². The van der Waals surface area contributed by atoms with Gasteiger partial charge in [0.25, 0.3) is 5.56 Å². The third-order valence-electron chi connectivity index (χ3n) is 6.28. The average molecular weight is 521 g/mol. The van der Waals surface area contributed by atoms with Crippen molar-refractivity contribution in [3.05, 3.63) is 76.8 Å². The fraction of sp³-hybridized carbons (Fsp3) is 0.192. The second-order valence-electron chi connectivity index (χ2n) is 8.83. The number of rotatable bonds is 6. The second-order valence-corrected chi connectivity index (χ2v) is 10.8. The number of carbonyl (C=O) groups is 2. The van der Waals surface area contributed by atoms with Crippen LogP contribution in [-0.4, -0.2) is 42.7 Å². The summed E-state index contributed by atoms with van der Waals surface area (Å²) in [6.07, 6.45) is 4.62. The van der Waals surface area contributed by atoms with Gasteiger partial charge < -0.3 is 14.3 Å². The summed E-state index contributed by atoms with van der Waals surface area (Å²) in [5.74, 6) is 0.0838. The van der Waals surface area contributed by atoms with Gasteiger partial charge >= 0.3 is 6.03 Å². The molecule has 1 fully saturated rings. The molecule has 0 atom stereocenters. The first-order valence-electron chi connectivity index (χ1n) is 11.5. The van der Waals surface area contributed by atoms with Gasteiger partial charge in [-0.2, -0.15) is 0 Å². The molecule has 190 valence electrons. The number of sulfone groups is 1. The van der Waals surface area contributed by atoms with Crippen LogP contribution in [0.2, 0.25) is 0 Å². The molecule has 11 heteroatoms. The molecule has 2 N–H and O–H groups in total. The third-order valence-corrected chi connectivity index (χ3v) is 7.39. The summed E-state index contributed by atoms with van der Waals surface area (Å²) in [6.45, 7) is 0.320. The third kappa shape index (κ3) is 4.60. The van der Waals surface area contributed by atoms with Crippen molar-refractivity contribution in [3.63, 3.8) is 0 Å². The number of pyridine rings is 1. The highest BCUT2D eigenvalue weighted by Crippen LogP contribution is 2.36. The van der Waals surface area contributed by atoms with Crippen LogP contribution in [0, 0.1) is 0 Å². The molecule has 0 radical (unpaired) electrons. The fourth-order valence-corrected chi connectivity index (χ4v) is 5.05. The molecule has 0 aliphatic carbocycles. The van der Waals surface area contributed by atoms with Gasteiger partial charge in [0.05, 0.1) is 10.6 Å². The van der Waals surface area contributed by atoms with Crippen molar-refractivity contribution in [3.8, 4) is 16.9 Å². The van der Waals surface area contributed by atoms with Crippen molar-refractivity contribution in [2.45, 2.75) is 17.9 Å². The lowest BCUT2D eigenvalue weighted by atomic mass is 10.0. The number of carbonyl (C=O) groups excluding carboxylic acids is 2. The first-order valence-corrected chi connectivity index (χ1v) is 13.4. The molecule has 1 aliphatic heterocycles. The molecule has 2 aromatic carbocycles.